The van der Waals surface area contributed by atoms with Gasteiger partial charge in [0.05, 0.1) is 13.1 Å². The third-order valence-corrected chi connectivity index (χ3v) is 4.66. The van der Waals surface area contributed by atoms with Gasteiger partial charge in [-0.15, -0.1) is 0 Å². The van der Waals surface area contributed by atoms with E-state index in [0.717, 1.165) is 31.1 Å². The van der Waals surface area contributed by atoms with Gasteiger partial charge in [-0.25, -0.2) is 0 Å². The van der Waals surface area contributed by atoms with E-state index in [1.807, 2.05) is 0 Å². The number of quaternary nitrogens is 1. The summed E-state index contributed by atoms with van der Waals surface area (Å²) >= 11 is 0. The summed E-state index contributed by atoms with van der Waals surface area (Å²) in [5.74, 6) is 0.915. The molecule has 1 aromatic rings. The van der Waals surface area contributed by atoms with Gasteiger partial charge < -0.3 is 10.2 Å². The van der Waals surface area contributed by atoms with Gasteiger partial charge >= 0.3 is 0 Å². The van der Waals surface area contributed by atoms with Gasteiger partial charge in [-0.2, -0.15) is 0 Å². The molecule has 0 aromatic heterocycles. The molecule has 3 heteroatoms. The van der Waals surface area contributed by atoms with Crippen LogP contribution < -0.4 is 10.2 Å². The van der Waals surface area contributed by atoms with Gasteiger partial charge in [0.2, 0.25) is 0 Å². The number of hydrogen-bond acceptors (Lipinski definition) is 1. The van der Waals surface area contributed by atoms with Gasteiger partial charge in [0, 0.05) is 11.6 Å². The average Bonchev–Trinajstić information content (AvgIpc) is 2.86. The van der Waals surface area contributed by atoms with E-state index in [9.17, 15) is 4.79 Å². The van der Waals surface area contributed by atoms with Gasteiger partial charge in [-0.05, 0) is 55.4 Å². The largest absolute Gasteiger partial charge is 0.327 e. The van der Waals surface area contributed by atoms with Crippen molar-refractivity contribution >= 4 is 11.6 Å². The Labute approximate surface area is 121 Å². The standard InChI is InChI=1S/C17H24N2O/c1-13-4-3-9-19(11-13)12-17(20)18-16-8-7-14-5-2-6-15(14)10-16/h7-8,10,13H,2-6,9,11-12H2,1H3,(H,18,20)/p+1/t13-/m1/s1. The van der Waals surface area contributed by atoms with E-state index in [0.29, 0.717) is 6.54 Å². The number of anilines is 1. The van der Waals surface area contributed by atoms with Crippen LogP contribution in [0.1, 0.15) is 37.3 Å². The number of fused-ring (bicyclic) bond motifs is 1. The quantitative estimate of drug-likeness (QED) is 0.858. The number of nitrogens with one attached hydrogen (secondary N) is 2. The minimum Gasteiger partial charge on any atom is -0.327 e. The van der Waals surface area contributed by atoms with Crippen LogP contribution >= 0.6 is 0 Å². The molecule has 3 nitrogen and oxygen atoms in total. The van der Waals surface area contributed by atoms with E-state index < -0.39 is 0 Å². The molecule has 2 aliphatic rings. The number of amides is 1. The molecule has 1 saturated heterocycles. The van der Waals surface area contributed by atoms with Crippen LogP contribution in [0.5, 0.6) is 0 Å². The first-order valence-corrected chi connectivity index (χ1v) is 7.96. The topological polar surface area (TPSA) is 33.5 Å². The number of carbonyl (C=O) groups is 1. The van der Waals surface area contributed by atoms with Crippen molar-refractivity contribution in [3.63, 3.8) is 0 Å². The van der Waals surface area contributed by atoms with Crippen LogP contribution in [0.15, 0.2) is 18.2 Å². The molecule has 108 valence electrons. The Morgan fingerprint density at radius 3 is 3.00 bits per heavy atom. The van der Waals surface area contributed by atoms with Crippen molar-refractivity contribution in [3.05, 3.63) is 29.3 Å². The predicted octanol–water partition coefficient (Wildman–Crippen LogP) is 1.43. The lowest BCUT2D eigenvalue weighted by atomic mass is 10.0. The first kappa shape index (κ1) is 13.6. The summed E-state index contributed by atoms with van der Waals surface area (Å²) < 4.78 is 0. The minimum atomic E-state index is 0.159. The number of benzene rings is 1. The molecule has 20 heavy (non-hydrogen) atoms. The van der Waals surface area contributed by atoms with Crippen LogP contribution in [0.2, 0.25) is 0 Å². The predicted molar refractivity (Wildman–Crippen MR) is 81.1 cm³/mol. The number of likely N-dealkylation sites (tertiary alicyclic amines) is 1. The van der Waals surface area contributed by atoms with Crippen LogP contribution in [0, 0.1) is 5.92 Å². The van der Waals surface area contributed by atoms with E-state index in [1.54, 1.807) is 0 Å². The maximum Gasteiger partial charge on any atom is 0.279 e. The van der Waals surface area contributed by atoms with Gasteiger partial charge in [-0.3, -0.25) is 4.79 Å². The van der Waals surface area contributed by atoms with Gasteiger partial charge in [-0.1, -0.05) is 13.0 Å². The second-order valence-corrected chi connectivity index (χ2v) is 6.51. The Morgan fingerprint density at radius 1 is 1.30 bits per heavy atom. The summed E-state index contributed by atoms with van der Waals surface area (Å²) in [5, 5.41) is 3.07. The van der Waals surface area contributed by atoms with E-state index >= 15 is 0 Å². The Morgan fingerprint density at radius 2 is 2.15 bits per heavy atom. The Bertz CT molecular complexity index is 498. The van der Waals surface area contributed by atoms with Crippen molar-refractivity contribution in [1.29, 1.82) is 0 Å². The van der Waals surface area contributed by atoms with Crippen LogP contribution in [0.25, 0.3) is 0 Å². The fourth-order valence-corrected chi connectivity index (χ4v) is 3.64. The highest BCUT2D eigenvalue weighted by Gasteiger charge is 2.22. The first-order chi connectivity index (χ1) is 9.70. The monoisotopic (exact) mass is 273 g/mol. The van der Waals surface area contributed by atoms with Crippen molar-refractivity contribution < 1.29 is 9.69 Å². The summed E-state index contributed by atoms with van der Waals surface area (Å²) in [6.45, 7) is 5.18. The maximum absolute atomic E-state index is 12.2. The molecule has 1 aliphatic heterocycles. The number of carbonyl (C=O) groups excluding carboxylic acids is 1. The van der Waals surface area contributed by atoms with Gasteiger partial charge in [0.25, 0.3) is 5.91 Å². The number of aryl methyl sites for hydroxylation is 2. The molecule has 3 rings (SSSR count). The van der Waals surface area contributed by atoms with Crippen molar-refractivity contribution in [1.82, 2.24) is 0 Å². The van der Waals surface area contributed by atoms with Crippen molar-refractivity contribution in [2.45, 2.75) is 39.0 Å². The third-order valence-electron chi connectivity index (χ3n) is 4.66. The average molecular weight is 273 g/mol. The lowest BCUT2D eigenvalue weighted by Gasteiger charge is -2.27. The van der Waals surface area contributed by atoms with Gasteiger partial charge in [0.15, 0.2) is 6.54 Å². The van der Waals surface area contributed by atoms with Crippen LogP contribution in [0.4, 0.5) is 5.69 Å². The lowest BCUT2D eigenvalue weighted by molar-refractivity contribution is -0.900. The highest BCUT2D eigenvalue weighted by Crippen LogP contribution is 2.24. The van der Waals surface area contributed by atoms with Crippen LogP contribution in [-0.2, 0) is 17.6 Å². The molecule has 2 atom stereocenters. The summed E-state index contributed by atoms with van der Waals surface area (Å²) in [7, 11) is 0. The van der Waals surface area contributed by atoms with E-state index in [4.69, 9.17) is 0 Å². The maximum atomic E-state index is 12.2. The van der Waals surface area contributed by atoms with Crippen molar-refractivity contribution in [2.75, 3.05) is 25.0 Å². The second kappa shape index (κ2) is 5.96. The molecule has 0 saturated carbocycles. The van der Waals surface area contributed by atoms with Crippen molar-refractivity contribution in [3.8, 4) is 0 Å². The van der Waals surface area contributed by atoms with E-state index in [-0.39, 0.29) is 5.91 Å². The number of piperidine rings is 1. The highest BCUT2D eigenvalue weighted by atomic mass is 16.2. The zero-order chi connectivity index (χ0) is 13.9. The van der Waals surface area contributed by atoms with E-state index in [2.05, 4.69) is 30.4 Å². The Balaban J connectivity index is 1.56. The lowest BCUT2D eigenvalue weighted by Crippen LogP contribution is -3.14. The SMILES string of the molecule is C[C@@H]1CCC[NH+](CC(=O)Nc2ccc3c(c2)CCC3)C1. The molecule has 0 spiro atoms. The van der Waals surface area contributed by atoms with E-state index in [1.165, 1.54) is 41.7 Å². The summed E-state index contributed by atoms with van der Waals surface area (Å²) in [6, 6.07) is 6.39. The second-order valence-electron chi connectivity index (χ2n) is 6.51. The highest BCUT2D eigenvalue weighted by molar-refractivity contribution is 5.91. The molecule has 1 aromatic carbocycles. The molecule has 1 fully saturated rings. The number of hydrogen-bond donors (Lipinski definition) is 2. The van der Waals surface area contributed by atoms with Crippen LogP contribution in [-0.4, -0.2) is 25.5 Å². The van der Waals surface area contributed by atoms with Crippen LogP contribution in [0.3, 0.4) is 0 Å². The summed E-state index contributed by atoms with van der Waals surface area (Å²) in [5.41, 5.74) is 3.85. The third kappa shape index (κ3) is 3.21. The fourth-order valence-electron chi connectivity index (χ4n) is 3.64. The Hall–Kier alpha value is -1.35. The van der Waals surface area contributed by atoms with Gasteiger partial charge in [0.1, 0.15) is 0 Å². The zero-order valence-electron chi connectivity index (χ0n) is 12.4. The molecule has 0 radical (unpaired) electrons. The molecule has 2 N–H and O–H groups in total. The molecule has 1 amide bonds. The molecule has 1 heterocycles. The minimum absolute atomic E-state index is 0.159. The Kier molecular flexibility index (Phi) is 4.06. The molecule has 1 unspecified atom stereocenters. The first-order valence-electron chi connectivity index (χ1n) is 7.96. The smallest absolute Gasteiger partial charge is 0.279 e. The zero-order valence-corrected chi connectivity index (χ0v) is 12.4. The molecule has 0 bridgehead atoms. The molecular weight excluding hydrogens is 248 g/mol. The molecular formula is C17H25N2O+. The summed E-state index contributed by atoms with van der Waals surface area (Å²) in [4.78, 5) is 13.6. The summed E-state index contributed by atoms with van der Waals surface area (Å²) in [6.07, 6.45) is 6.18. The number of rotatable bonds is 3. The molecule has 1 aliphatic carbocycles. The normalized spacial score (nSPS) is 25.2. The van der Waals surface area contributed by atoms with Crippen molar-refractivity contribution in [2.24, 2.45) is 5.92 Å². The fraction of sp³-hybridized carbons (Fsp3) is 0.588.